The maximum Gasteiger partial charge on any atom is 0.309 e. The second-order valence-corrected chi connectivity index (χ2v) is 19.2. The fourth-order valence-corrected chi connectivity index (χ4v) is 12.8. The Labute approximate surface area is 342 Å². The van der Waals surface area contributed by atoms with Crippen molar-refractivity contribution in [1.29, 1.82) is 0 Å². The number of allylic oxidation sites excluding steroid dienone is 1. The van der Waals surface area contributed by atoms with Crippen LogP contribution in [0.4, 0.5) is 0 Å². The summed E-state index contributed by atoms with van der Waals surface area (Å²) in [6.45, 7) is 9.19. The van der Waals surface area contributed by atoms with Gasteiger partial charge in [-0.25, -0.2) is 0 Å². The SMILES string of the molecule is CCC1(O)C(OC2OCCC(OC3CC(O)CCO3)C2OC(C)=O)CC2C3CC=C4CC(OC(=O)C5CCC(CN6C(=O)C=CC6=O)CC5)CCC4(C)C3CCC21C. The van der Waals surface area contributed by atoms with E-state index in [4.69, 9.17) is 28.4 Å². The summed E-state index contributed by atoms with van der Waals surface area (Å²) >= 11 is 0. The van der Waals surface area contributed by atoms with Gasteiger partial charge in [0.25, 0.3) is 11.8 Å². The molecule has 0 spiro atoms. The van der Waals surface area contributed by atoms with Crippen molar-refractivity contribution in [1.82, 2.24) is 4.90 Å². The fourth-order valence-electron chi connectivity index (χ4n) is 12.8. The molecule has 58 heavy (non-hydrogen) atoms. The number of aliphatic hydroxyl groups is 2. The third-order valence-electron chi connectivity index (χ3n) is 16.2. The minimum absolute atomic E-state index is 0.0139. The molecule has 322 valence electrons. The number of amides is 2. The van der Waals surface area contributed by atoms with Crippen molar-refractivity contribution in [3.8, 4) is 0 Å². The molecular weight excluding hydrogens is 746 g/mol. The van der Waals surface area contributed by atoms with Crippen molar-refractivity contribution in [2.75, 3.05) is 19.8 Å². The molecule has 0 bridgehead atoms. The Balaban J connectivity index is 0.906. The average Bonchev–Trinajstić information content (AvgIpc) is 3.63. The van der Waals surface area contributed by atoms with E-state index in [9.17, 15) is 29.4 Å². The summed E-state index contributed by atoms with van der Waals surface area (Å²) in [6, 6.07) is 0. The van der Waals surface area contributed by atoms with Crippen molar-refractivity contribution >= 4 is 23.8 Å². The van der Waals surface area contributed by atoms with E-state index < -0.39 is 48.6 Å². The molecule has 2 amide bonds. The number of fused-ring (bicyclic) bond motifs is 5. The van der Waals surface area contributed by atoms with E-state index in [1.807, 2.05) is 6.92 Å². The number of ether oxygens (including phenoxy) is 6. The van der Waals surface area contributed by atoms with Crippen molar-refractivity contribution in [2.45, 2.75) is 173 Å². The minimum atomic E-state index is -1.12. The summed E-state index contributed by atoms with van der Waals surface area (Å²) in [4.78, 5) is 51.2. The predicted octanol–water partition coefficient (Wildman–Crippen LogP) is 5.29. The fraction of sp³-hybridized carbons (Fsp3) is 0.822. The van der Waals surface area contributed by atoms with Crippen LogP contribution >= 0.6 is 0 Å². The highest BCUT2D eigenvalue weighted by Crippen LogP contribution is 2.68. The van der Waals surface area contributed by atoms with Gasteiger partial charge >= 0.3 is 11.9 Å². The summed E-state index contributed by atoms with van der Waals surface area (Å²) < 4.78 is 37.1. The third kappa shape index (κ3) is 7.74. The highest BCUT2D eigenvalue weighted by atomic mass is 16.7. The number of esters is 2. The molecule has 2 N–H and O–H groups in total. The molecule has 2 saturated heterocycles. The zero-order valence-corrected chi connectivity index (χ0v) is 34.8. The third-order valence-corrected chi connectivity index (χ3v) is 16.2. The van der Waals surface area contributed by atoms with Crippen LogP contribution in [0.1, 0.15) is 124 Å². The van der Waals surface area contributed by atoms with Crippen LogP contribution in [0, 0.1) is 40.4 Å². The van der Waals surface area contributed by atoms with Gasteiger partial charge in [-0.1, -0.05) is 32.4 Å². The van der Waals surface area contributed by atoms with Crippen LogP contribution in [0.2, 0.25) is 0 Å². The predicted molar refractivity (Wildman–Crippen MR) is 208 cm³/mol. The molecule has 13 heteroatoms. The second kappa shape index (κ2) is 16.6. The summed E-state index contributed by atoms with van der Waals surface area (Å²) in [5.41, 5.74) is -0.117. The van der Waals surface area contributed by atoms with Crippen molar-refractivity contribution in [3.05, 3.63) is 23.8 Å². The smallest absolute Gasteiger partial charge is 0.309 e. The maximum atomic E-state index is 13.4. The van der Waals surface area contributed by atoms with E-state index in [-0.39, 0.29) is 52.5 Å². The van der Waals surface area contributed by atoms with Gasteiger partial charge < -0.3 is 38.6 Å². The monoisotopic (exact) mass is 811 g/mol. The van der Waals surface area contributed by atoms with Gasteiger partial charge in [0.05, 0.1) is 36.9 Å². The lowest BCUT2D eigenvalue weighted by Crippen LogP contribution is -2.58. The molecule has 0 aromatic heterocycles. The molecule has 6 fully saturated rings. The molecule has 3 aliphatic heterocycles. The van der Waals surface area contributed by atoms with Gasteiger partial charge in [-0.3, -0.25) is 24.1 Å². The Kier molecular flexibility index (Phi) is 12.1. The number of nitrogens with zero attached hydrogens (tertiary/aromatic N) is 1. The molecule has 3 heterocycles. The summed E-state index contributed by atoms with van der Waals surface area (Å²) in [7, 11) is 0. The Morgan fingerprint density at radius 3 is 2.34 bits per heavy atom. The van der Waals surface area contributed by atoms with Crippen LogP contribution in [0.15, 0.2) is 23.8 Å². The minimum Gasteiger partial charge on any atom is -0.462 e. The molecule has 4 saturated carbocycles. The molecule has 0 aromatic carbocycles. The summed E-state index contributed by atoms with van der Waals surface area (Å²) in [6.07, 6.45) is 11.8. The first kappa shape index (κ1) is 42.0. The van der Waals surface area contributed by atoms with E-state index in [1.165, 1.54) is 29.5 Å². The maximum absolute atomic E-state index is 13.4. The molecule has 0 radical (unpaired) electrons. The van der Waals surface area contributed by atoms with Crippen LogP contribution in [0.3, 0.4) is 0 Å². The zero-order valence-electron chi connectivity index (χ0n) is 34.8. The molecule has 8 rings (SSSR count). The number of imide groups is 1. The number of rotatable bonds is 10. The van der Waals surface area contributed by atoms with Crippen LogP contribution in [-0.2, 0) is 47.6 Å². The lowest BCUT2D eigenvalue weighted by Gasteiger charge is -2.59. The summed E-state index contributed by atoms with van der Waals surface area (Å²) in [5, 5.41) is 22.9. The van der Waals surface area contributed by atoms with E-state index in [2.05, 4.69) is 19.9 Å². The van der Waals surface area contributed by atoms with E-state index in [0.29, 0.717) is 76.5 Å². The molecule has 13 atom stereocenters. The van der Waals surface area contributed by atoms with Gasteiger partial charge in [0, 0.05) is 50.3 Å². The van der Waals surface area contributed by atoms with Crippen molar-refractivity contribution < 1.29 is 57.8 Å². The van der Waals surface area contributed by atoms with Crippen molar-refractivity contribution in [2.24, 2.45) is 40.4 Å². The zero-order chi connectivity index (χ0) is 41.0. The Morgan fingerprint density at radius 2 is 1.64 bits per heavy atom. The lowest BCUT2D eigenvalue weighted by atomic mass is 9.47. The molecule has 0 aromatic rings. The highest BCUT2D eigenvalue weighted by Gasteiger charge is 2.67. The molecule has 13 nitrogen and oxygen atoms in total. The molecule has 5 aliphatic carbocycles. The Morgan fingerprint density at radius 1 is 0.897 bits per heavy atom. The number of hydrogen-bond donors (Lipinski definition) is 2. The van der Waals surface area contributed by atoms with Crippen molar-refractivity contribution in [3.63, 3.8) is 0 Å². The standard InChI is InChI=1S/C45H65NO12/c1-5-45(52)36(58-42-40(55-26(2)47)35(17-21-54-42)57-39-23-30(48)16-20-53-39)24-34-32-11-10-29-22-31(14-18-43(29,3)33(32)15-19-44(34,45)4)56-41(51)28-8-6-27(7-9-28)25-46-37(49)12-13-38(46)50/h10,12-13,27-28,30-36,39-40,42,48,52H,5-9,11,14-25H2,1-4H3. The number of hydrogen-bond acceptors (Lipinski definition) is 12. The highest BCUT2D eigenvalue weighted by molar-refractivity contribution is 6.12. The van der Waals surface area contributed by atoms with Gasteiger partial charge in [-0.2, -0.15) is 0 Å². The number of carbonyl (C=O) groups is 4. The number of carbonyl (C=O) groups excluding carboxylic acids is 4. The van der Waals surface area contributed by atoms with Crippen LogP contribution in [0.5, 0.6) is 0 Å². The van der Waals surface area contributed by atoms with Crippen LogP contribution < -0.4 is 0 Å². The Hall–Kier alpha value is -2.68. The largest absolute Gasteiger partial charge is 0.462 e. The van der Waals surface area contributed by atoms with Gasteiger partial charge in [-0.05, 0) is 106 Å². The molecular formula is C45H65NO12. The van der Waals surface area contributed by atoms with Crippen LogP contribution in [-0.4, -0.2) is 107 Å². The first-order valence-corrected chi connectivity index (χ1v) is 22.3. The number of aliphatic hydroxyl groups excluding tert-OH is 1. The van der Waals surface area contributed by atoms with Gasteiger partial charge in [0.1, 0.15) is 12.2 Å². The van der Waals surface area contributed by atoms with Gasteiger partial charge in [-0.15, -0.1) is 0 Å². The summed E-state index contributed by atoms with van der Waals surface area (Å²) in [5.74, 6) is -0.0221. The lowest BCUT2D eigenvalue weighted by molar-refractivity contribution is -0.309. The molecule has 8 aliphatic rings. The first-order valence-electron chi connectivity index (χ1n) is 22.3. The molecule has 13 unspecified atom stereocenters. The average molecular weight is 812 g/mol. The normalized spacial score (nSPS) is 45.2. The second-order valence-electron chi connectivity index (χ2n) is 19.2. The Bertz CT molecular complexity index is 1620. The van der Waals surface area contributed by atoms with Crippen LogP contribution in [0.25, 0.3) is 0 Å². The van der Waals surface area contributed by atoms with E-state index >= 15 is 0 Å². The van der Waals surface area contributed by atoms with Gasteiger partial charge in [0.2, 0.25) is 0 Å². The van der Waals surface area contributed by atoms with E-state index in [1.54, 1.807) is 0 Å². The topological polar surface area (TPSA) is 167 Å². The van der Waals surface area contributed by atoms with Gasteiger partial charge in [0.15, 0.2) is 18.7 Å². The first-order chi connectivity index (χ1) is 27.7. The quantitative estimate of drug-likeness (QED) is 0.167. The van der Waals surface area contributed by atoms with E-state index in [0.717, 1.165) is 51.4 Å².